The highest BCUT2D eigenvalue weighted by Crippen LogP contribution is 2.48. The predicted octanol–water partition coefficient (Wildman–Crippen LogP) is 3.41. The highest BCUT2D eigenvalue weighted by Gasteiger charge is 2.40. The van der Waals surface area contributed by atoms with Crippen molar-refractivity contribution in [3.63, 3.8) is 0 Å². The fraction of sp³-hybridized carbons (Fsp3) is 0.733. The van der Waals surface area contributed by atoms with E-state index in [0.29, 0.717) is 6.54 Å². The average molecular weight is 327 g/mol. The Bertz CT molecular complexity index is 434. The second kappa shape index (κ2) is 5.58. The third kappa shape index (κ3) is 2.63. The van der Waals surface area contributed by atoms with Gasteiger partial charge in [-0.25, -0.2) is 0 Å². The van der Waals surface area contributed by atoms with Crippen LogP contribution in [0.25, 0.3) is 0 Å². The first-order valence-electron chi connectivity index (χ1n) is 7.32. The van der Waals surface area contributed by atoms with Gasteiger partial charge in [0.25, 0.3) is 0 Å². The maximum atomic E-state index is 5.96. The topological polar surface area (TPSA) is 42.4 Å². The molecule has 0 saturated heterocycles. The van der Waals surface area contributed by atoms with E-state index in [-0.39, 0.29) is 6.04 Å². The van der Waals surface area contributed by atoms with Crippen LogP contribution >= 0.6 is 15.9 Å². The Balaban J connectivity index is 1.65. The largest absolute Gasteiger partial charge is 0.466 e. The van der Waals surface area contributed by atoms with Crippen LogP contribution in [0.4, 0.5) is 0 Å². The van der Waals surface area contributed by atoms with Crippen molar-refractivity contribution in [2.24, 2.45) is 23.5 Å². The lowest BCUT2D eigenvalue weighted by Gasteiger charge is -2.31. The van der Waals surface area contributed by atoms with Gasteiger partial charge in [-0.3, -0.25) is 4.90 Å². The molecule has 4 heteroatoms. The molecule has 19 heavy (non-hydrogen) atoms. The molecule has 3 rings (SSSR count). The van der Waals surface area contributed by atoms with E-state index in [2.05, 4.69) is 27.9 Å². The second-order valence-electron chi connectivity index (χ2n) is 6.26. The Morgan fingerprint density at radius 2 is 2.32 bits per heavy atom. The summed E-state index contributed by atoms with van der Waals surface area (Å²) in [7, 11) is 2.18. The molecule has 2 aliphatic carbocycles. The summed E-state index contributed by atoms with van der Waals surface area (Å²) in [5.41, 5.74) is 5.96. The van der Waals surface area contributed by atoms with Gasteiger partial charge in [-0.1, -0.05) is 6.42 Å². The second-order valence-corrected chi connectivity index (χ2v) is 7.11. The Labute approximate surface area is 123 Å². The Kier molecular flexibility index (Phi) is 4.01. The summed E-state index contributed by atoms with van der Waals surface area (Å²) in [6, 6.07) is 2.13. The molecular formula is C15H23BrN2O. The van der Waals surface area contributed by atoms with E-state index in [1.165, 1.54) is 25.7 Å². The third-order valence-electron chi connectivity index (χ3n) is 5.11. The van der Waals surface area contributed by atoms with Gasteiger partial charge in [-0.2, -0.15) is 0 Å². The van der Waals surface area contributed by atoms with Gasteiger partial charge in [0.1, 0.15) is 5.76 Å². The molecule has 2 aliphatic rings. The van der Waals surface area contributed by atoms with Crippen LogP contribution in [0.5, 0.6) is 0 Å². The molecule has 0 amide bonds. The van der Waals surface area contributed by atoms with Crippen LogP contribution in [0.1, 0.15) is 37.5 Å². The summed E-state index contributed by atoms with van der Waals surface area (Å²) >= 11 is 3.55. The molecule has 2 N–H and O–H groups in total. The first kappa shape index (κ1) is 13.7. The van der Waals surface area contributed by atoms with Crippen molar-refractivity contribution in [1.82, 2.24) is 4.90 Å². The summed E-state index contributed by atoms with van der Waals surface area (Å²) in [6.45, 7) is 1.75. The molecule has 1 aromatic rings. The maximum Gasteiger partial charge on any atom is 0.136 e. The lowest BCUT2D eigenvalue weighted by Crippen LogP contribution is -2.35. The molecule has 1 heterocycles. The van der Waals surface area contributed by atoms with Crippen molar-refractivity contribution < 1.29 is 4.42 Å². The smallest absolute Gasteiger partial charge is 0.136 e. The normalized spacial score (nSPS) is 31.3. The number of hydrogen-bond donors (Lipinski definition) is 1. The molecule has 0 aliphatic heterocycles. The monoisotopic (exact) mass is 326 g/mol. The van der Waals surface area contributed by atoms with Crippen LogP contribution in [0.2, 0.25) is 0 Å². The number of likely N-dealkylation sites (N-methyl/N-ethyl adjacent to an activating group) is 1. The molecule has 2 saturated carbocycles. The van der Waals surface area contributed by atoms with E-state index in [4.69, 9.17) is 10.2 Å². The van der Waals surface area contributed by atoms with Crippen LogP contribution in [0.15, 0.2) is 21.2 Å². The Hall–Kier alpha value is -0.320. The fourth-order valence-electron chi connectivity index (χ4n) is 4.13. The van der Waals surface area contributed by atoms with E-state index in [1.807, 2.05) is 6.07 Å². The number of nitrogens with two attached hydrogens (primary N) is 1. The lowest BCUT2D eigenvalue weighted by molar-refractivity contribution is 0.160. The van der Waals surface area contributed by atoms with Crippen LogP contribution in [-0.4, -0.2) is 25.0 Å². The highest BCUT2D eigenvalue weighted by atomic mass is 79.9. The van der Waals surface area contributed by atoms with E-state index in [0.717, 1.165) is 34.5 Å². The Morgan fingerprint density at radius 3 is 2.84 bits per heavy atom. The Morgan fingerprint density at radius 1 is 1.47 bits per heavy atom. The van der Waals surface area contributed by atoms with Crippen molar-refractivity contribution in [3.05, 3.63) is 22.6 Å². The minimum absolute atomic E-state index is 0.184. The van der Waals surface area contributed by atoms with Gasteiger partial charge in [-0.15, -0.1) is 0 Å². The standard InChI is InChI=1S/C15H23BrN2O/c1-18(9-12-7-10-2-3-11(12)6-10)14(8-17)15-13(16)4-5-19-15/h4-5,10-12,14H,2-3,6-9,17H2,1H3. The molecule has 2 fully saturated rings. The van der Waals surface area contributed by atoms with Crippen molar-refractivity contribution in [2.75, 3.05) is 20.1 Å². The summed E-state index contributed by atoms with van der Waals surface area (Å²) in [6.07, 6.45) is 7.53. The molecule has 2 bridgehead atoms. The first-order valence-corrected chi connectivity index (χ1v) is 8.11. The van der Waals surface area contributed by atoms with Crippen LogP contribution in [0, 0.1) is 17.8 Å². The van der Waals surface area contributed by atoms with Crippen LogP contribution in [0.3, 0.4) is 0 Å². The number of hydrogen-bond acceptors (Lipinski definition) is 3. The molecule has 1 aromatic heterocycles. The highest BCUT2D eigenvalue weighted by molar-refractivity contribution is 9.10. The molecule has 0 aromatic carbocycles. The summed E-state index contributed by atoms with van der Waals surface area (Å²) in [5.74, 6) is 3.81. The van der Waals surface area contributed by atoms with E-state index in [9.17, 15) is 0 Å². The first-order chi connectivity index (χ1) is 9.19. The van der Waals surface area contributed by atoms with Gasteiger partial charge in [0.05, 0.1) is 16.8 Å². The molecule has 4 atom stereocenters. The number of fused-ring (bicyclic) bond motifs is 2. The van der Waals surface area contributed by atoms with Gasteiger partial charge >= 0.3 is 0 Å². The van der Waals surface area contributed by atoms with E-state index >= 15 is 0 Å². The molecular weight excluding hydrogens is 304 g/mol. The minimum atomic E-state index is 0.184. The zero-order valence-corrected chi connectivity index (χ0v) is 13.1. The quantitative estimate of drug-likeness (QED) is 0.901. The van der Waals surface area contributed by atoms with Crippen LogP contribution < -0.4 is 5.73 Å². The maximum absolute atomic E-state index is 5.96. The fourth-order valence-corrected chi connectivity index (χ4v) is 4.59. The van der Waals surface area contributed by atoms with Crippen molar-refractivity contribution in [3.8, 4) is 0 Å². The molecule has 106 valence electrons. The van der Waals surface area contributed by atoms with Crippen molar-refractivity contribution in [2.45, 2.75) is 31.7 Å². The minimum Gasteiger partial charge on any atom is -0.466 e. The summed E-state index contributed by atoms with van der Waals surface area (Å²) < 4.78 is 6.63. The zero-order valence-electron chi connectivity index (χ0n) is 11.5. The van der Waals surface area contributed by atoms with Crippen molar-refractivity contribution >= 4 is 15.9 Å². The number of furan rings is 1. The summed E-state index contributed by atoms with van der Waals surface area (Å²) in [5, 5.41) is 0. The number of halogens is 1. The molecule has 3 nitrogen and oxygen atoms in total. The van der Waals surface area contributed by atoms with Gasteiger partial charge in [-0.05, 0) is 66.1 Å². The van der Waals surface area contributed by atoms with Gasteiger partial charge in [0.2, 0.25) is 0 Å². The van der Waals surface area contributed by atoms with Gasteiger partial charge < -0.3 is 10.2 Å². The van der Waals surface area contributed by atoms with E-state index in [1.54, 1.807) is 6.26 Å². The molecule has 0 radical (unpaired) electrons. The predicted molar refractivity (Wildman–Crippen MR) is 79.8 cm³/mol. The van der Waals surface area contributed by atoms with Gasteiger partial charge in [0.15, 0.2) is 0 Å². The molecule has 0 spiro atoms. The van der Waals surface area contributed by atoms with Crippen molar-refractivity contribution in [1.29, 1.82) is 0 Å². The average Bonchev–Trinajstić information content (AvgIpc) is 3.08. The third-order valence-corrected chi connectivity index (χ3v) is 5.76. The van der Waals surface area contributed by atoms with E-state index < -0.39 is 0 Å². The SMILES string of the molecule is CN(CC1CC2CCC1C2)C(CN)c1occc1Br. The number of rotatable bonds is 5. The lowest BCUT2D eigenvalue weighted by atomic mass is 9.88. The number of nitrogens with zero attached hydrogens (tertiary/aromatic N) is 1. The van der Waals surface area contributed by atoms with Gasteiger partial charge in [0, 0.05) is 13.1 Å². The summed E-state index contributed by atoms with van der Waals surface area (Å²) in [4.78, 5) is 2.38. The van der Waals surface area contributed by atoms with Crippen LogP contribution in [-0.2, 0) is 0 Å². The zero-order chi connectivity index (χ0) is 13.4. The molecule has 4 unspecified atom stereocenters.